The van der Waals surface area contributed by atoms with E-state index in [0.717, 1.165) is 42.3 Å². The van der Waals surface area contributed by atoms with Gasteiger partial charge in [-0.3, -0.25) is 4.79 Å². The lowest BCUT2D eigenvalue weighted by Crippen LogP contribution is -2.35. The maximum absolute atomic E-state index is 12.1. The first-order chi connectivity index (χ1) is 9.65. The van der Waals surface area contributed by atoms with Gasteiger partial charge < -0.3 is 10.4 Å². The maximum atomic E-state index is 12.1. The Hall–Kier alpha value is -1.46. The van der Waals surface area contributed by atoms with E-state index in [1.807, 2.05) is 24.3 Å². The van der Waals surface area contributed by atoms with E-state index in [4.69, 9.17) is 0 Å². The van der Waals surface area contributed by atoms with Crippen molar-refractivity contribution in [1.82, 2.24) is 4.98 Å². The number of anilines is 1. The SMILES string of the molecule is O=C(CC1(O)CCCCC1)Nc1nc2ccccc2s1. The molecule has 5 heteroatoms. The second-order valence-corrected chi connectivity index (χ2v) is 6.53. The van der Waals surface area contributed by atoms with E-state index < -0.39 is 5.60 Å². The molecule has 1 saturated carbocycles. The van der Waals surface area contributed by atoms with Crippen molar-refractivity contribution >= 4 is 32.6 Å². The van der Waals surface area contributed by atoms with Gasteiger partial charge in [0.25, 0.3) is 0 Å². The third kappa shape index (κ3) is 2.99. The number of fused-ring (bicyclic) bond motifs is 1. The van der Waals surface area contributed by atoms with Gasteiger partial charge in [0.15, 0.2) is 5.13 Å². The van der Waals surface area contributed by atoms with Crippen LogP contribution in [0.15, 0.2) is 24.3 Å². The Bertz CT molecular complexity index is 584. The average molecular weight is 290 g/mol. The third-order valence-electron chi connectivity index (χ3n) is 3.81. The highest BCUT2D eigenvalue weighted by Crippen LogP contribution is 2.31. The standard InChI is InChI=1S/C15H18N2O2S/c18-13(10-15(19)8-4-1-5-9-15)17-14-16-11-6-2-3-7-12(11)20-14/h2-3,6-7,19H,1,4-5,8-10H2,(H,16,17,18). The third-order valence-corrected chi connectivity index (χ3v) is 4.77. The summed E-state index contributed by atoms with van der Waals surface area (Å²) in [7, 11) is 0. The van der Waals surface area contributed by atoms with Gasteiger partial charge >= 0.3 is 0 Å². The van der Waals surface area contributed by atoms with E-state index in [1.54, 1.807) is 0 Å². The summed E-state index contributed by atoms with van der Waals surface area (Å²) in [5.74, 6) is -0.145. The number of aromatic nitrogens is 1. The number of nitrogens with zero attached hydrogens (tertiary/aromatic N) is 1. The van der Waals surface area contributed by atoms with Gasteiger partial charge in [0.05, 0.1) is 22.2 Å². The normalized spacial score (nSPS) is 18.1. The second-order valence-electron chi connectivity index (χ2n) is 5.50. The lowest BCUT2D eigenvalue weighted by atomic mass is 9.82. The van der Waals surface area contributed by atoms with Gasteiger partial charge in [0.2, 0.25) is 5.91 Å². The first kappa shape index (κ1) is 13.5. The Kier molecular flexibility index (Phi) is 3.72. The summed E-state index contributed by atoms with van der Waals surface area (Å²) in [6.45, 7) is 0. The van der Waals surface area contributed by atoms with Crippen molar-refractivity contribution in [2.75, 3.05) is 5.32 Å². The number of rotatable bonds is 3. The van der Waals surface area contributed by atoms with Crippen molar-refractivity contribution in [3.05, 3.63) is 24.3 Å². The first-order valence-electron chi connectivity index (χ1n) is 7.02. The highest BCUT2D eigenvalue weighted by molar-refractivity contribution is 7.22. The minimum Gasteiger partial charge on any atom is -0.389 e. The van der Waals surface area contributed by atoms with Gasteiger partial charge in [0.1, 0.15) is 0 Å². The van der Waals surface area contributed by atoms with E-state index in [0.29, 0.717) is 5.13 Å². The zero-order valence-corrected chi connectivity index (χ0v) is 12.1. The summed E-state index contributed by atoms with van der Waals surface area (Å²) >= 11 is 1.46. The molecule has 1 aliphatic rings. The molecule has 0 atom stereocenters. The highest BCUT2D eigenvalue weighted by atomic mass is 32.1. The van der Waals surface area contributed by atoms with Crippen LogP contribution < -0.4 is 5.32 Å². The summed E-state index contributed by atoms with van der Waals surface area (Å²) in [5.41, 5.74) is 0.0723. The summed E-state index contributed by atoms with van der Waals surface area (Å²) in [6.07, 6.45) is 4.78. The van der Waals surface area contributed by atoms with Crippen LogP contribution in [0.3, 0.4) is 0 Å². The summed E-state index contributed by atoms with van der Waals surface area (Å²) in [5, 5.41) is 13.8. The second kappa shape index (κ2) is 5.50. The van der Waals surface area contributed by atoms with Gasteiger partial charge in [-0.1, -0.05) is 42.7 Å². The van der Waals surface area contributed by atoms with E-state index in [9.17, 15) is 9.90 Å². The van der Waals surface area contributed by atoms with Crippen molar-refractivity contribution in [3.63, 3.8) is 0 Å². The smallest absolute Gasteiger partial charge is 0.229 e. The fourth-order valence-electron chi connectivity index (χ4n) is 2.77. The summed E-state index contributed by atoms with van der Waals surface area (Å²) < 4.78 is 1.05. The van der Waals surface area contributed by atoms with Crippen molar-refractivity contribution in [2.45, 2.75) is 44.1 Å². The monoisotopic (exact) mass is 290 g/mol. The molecule has 0 radical (unpaired) electrons. The molecular weight excluding hydrogens is 272 g/mol. The van der Waals surface area contributed by atoms with Crippen LogP contribution in [-0.2, 0) is 4.79 Å². The average Bonchev–Trinajstić information content (AvgIpc) is 2.80. The van der Waals surface area contributed by atoms with Crippen LogP contribution in [0.4, 0.5) is 5.13 Å². The van der Waals surface area contributed by atoms with E-state index in [-0.39, 0.29) is 12.3 Å². The Morgan fingerprint density at radius 1 is 1.30 bits per heavy atom. The van der Waals surface area contributed by atoms with Crippen LogP contribution in [0.25, 0.3) is 10.2 Å². The minimum atomic E-state index is -0.820. The Balaban J connectivity index is 1.66. The maximum Gasteiger partial charge on any atom is 0.229 e. The quantitative estimate of drug-likeness (QED) is 0.911. The lowest BCUT2D eigenvalue weighted by Gasteiger charge is -2.31. The molecule has 0 spiro atoms. The van der Waals surface area contributed by atoms with Crippen LogP contribution >= 0.6 is 11.3 Å². The molecule has 4 nitrogen and oxygen atoms in total. The number of nitrogens with one attached hydrogen (secondary N) is 1. The largest absolute Gasteiger partial charge is 0.389 e. The molecule has 0 aliphatic heterocycles. The number of carbonyl (C=O) groups excluding carboxylic acids is 1. The molecule has 1 heterocycles. The Labute approximate surface area is 121 Å². The predicted octanol–water partition coefficient (Wildman–Crippen LogP) is 3.32. The van der Waals surface area contributed by atoms with Crippen molar-refractivity contribution in [3.8, 4) is 0 Å². The zero-order valence-electron chi connectivity index (χ0n) is 11.3. The number of carbonyl (C=O) groups is 1. The van der Waals surface area contributed by atoms with Crippen LogP contribution in [0, 0.1) is 0 Å². The zero-order chi connectivity index (χ0) is 14.0. The fourth-order valence-corrected chi connectivity index (χ4v) is 3.66. The number of hydrogen-bond donors (Lipinski definition) is 2. The van der Waals surface area contributed by atoms with Crippen LogP contribution in [0.1, 0.15) is 38.5 Å². The molecule has 0 bridgehead atoms. The van der Waals surface area contributed by atoms with E-state index in [2.05, 4.69) is 10.3 Å². The molecular formula is C15H18N2O2S. The molecule has 1 aromatic carbocycles. The molecule has 1 aromatic heterocycles. The van der Waals surface area contributed by atoms with Crippen molar-refractivity contribution in [2.24, 2.45) is 0 Å². The van der Waals surface area contributed by atoms with Crippen LogP contribution in [0.5, 0.6) is 0 Å². The molecule has 2 N–H and O–H groups in total. The van der Waals surface area contributed by atoms with Crippen LogP contribution in [-0.4, -0.2) is 21.6 Å². The Morgan fingerprint density at radius 2 is 2.05 bits per heavy atom. The Morgan fingerprint density at radius 3 is 2.80 bits per heavy atom. The molecule has 0 unspecified atom stereocenters. The number of benzene rings is 1. The van der Waals surface area contributed by atoms with Gasteiger partial charge in [-0.25, -0.2) is 4.98 Å². The molecule has 0 saturated heterocycles. The number of hydrogen-bond acceptors (Lipinski definition) is 4. The fraction of sp³-hybridized carbons (Fsp3) is 0.467. The van der Waals surface area contributed by atoms with Crippen molar-refractivity contribution in [1.29, 1.82) is 0 Å². The minimum absolute atomic E-state index is 0.145. The molecule has 106 valence electrons. The number of thiazole rings is 1. The first-order valence-corrected chi connectivity index (χ1v) is 7.84. The molecule has 20 heavy (non-hydrogen) atoms. The lowest BCUT2D eigenvalue weighted by molar-refractivity contribution is -0.122. The molecule has 1 fully saturated rings. The van der Waals surface area contributed by atoms with Crippen LogP contribution in [0.2, 0.25) is 0 Å². The molecule has 2 aromatic rings. The number of amides is 1. The topological polar surface area (TPSA) is 62.2 Å². The van der Waals surface area contributed by atoms with Gasteiger partial charge in [0, 0.05) is 0 Å². The summed E-state index contributed by atoms with van der Waals surface area (Å²) in [4.78, 5) is 16.4. The molecule has 3 rings (SSSR count). The van der Waals surface area contributed by atoms with E-state index in [1.165, 1.54) is 11.3 Å². The predicted molar refractivity (Wildman–Crippen MR) is 80.9 cm³/mol. The van der Waals surface area contributed by atoms with Gasteiger partial charge in [-0.05, 0) is 25.0 Å². The summed E-state index contributed by atoms with van der Waals surface area (Å²) in [6, 6.07) is 7.79. The highest BCUT2D eigenvalue weighted by Gasteiger charge is 2.31. The molecule has 1 aliphatic carbocycles. The van der Waals surface area contributed by atoms with E-state index >= 15 is 0 Å². The number of aliphatic hydroxyl groups is 1. The number of para-hydroxylation sites is 1. The van der Waals surface area contributed by atoms with Gasteiger partial charge in [-0.15, -0.1) is 0 Å². The van der Waals surface area contributed by atoms with Gasteiger partial charge in [-0.2, -0.15) is 0 Å². The molecule has 1 amide bonds. The van der Waals surface area contributed by atoms with Crippen molar-refractivity contribution < 1.29 is 9.90 Å².